The molecular formula is C27H26F2N8O3. The zero-order valence-corrected chi connectivity index (χ0v) is 21.7. The number of halogens is 2. The molecule has 3 amide bonds. The highest BCUT2D eigenvalue weighted by Crippen LogP contribution is 2.24. The van der Waals surface area contributed by atoms with Crippen LogP contribution in [0.15, 0.2) is 67.2 Å². The van der Waals surface area contributed by atoms with Crippen molar-refractivity contribution in [1.82, 2.24) is 35.2 Å². The molecule has 4 rings (SSSR count). The predicted molar refractivity (Wildman–Crippen MR) is 144 cm³/mol. The number of amides is 3. The van der Waals surface area contributed by atoms with Gasteiger partial charge in [0.2, 0.25) is 5.91 Å². The third kappa shape index (κ3) is 6.62. The summed E-state index contributed by atoms with van der Waals surface area (Å²) in [7, 11) is 1.67. The standard InChI is InChI=1S/C27H26F2N8O3/c1-4-5-16(2)26(39)31-9-8-30-24(38)15-37-14-17-10-23(20(29)11-22(17)35-37)34-27(40)21-7-6-19(28)25(33-21)18-12-32-36(3)13-18/h4-7,10-14H,2,8-9,15H2,1,3H3,(H,30,38)(H,31,39)(H,34,40)/b5-4-. The molecule has 3 heterocycles. The number of carbonyl (C=O) groups is 3. The van der Waals surface area contributed by atoms with E-state index in [9.17, 15) is 23.2 Å². The highest BCUT2D eigenvalue weighted by atomic mass is 19.1. The lowest BCUT2D eigenvalue weighted by Crippen LogP contribution is -2.36. The van der Waals surface area contributed by atoms with Gasteiger partial charge in [-0.3, -0.25) is 23.7 Å². The van der Waals surface area contributed by atoms with Crippen LogP contribution in [0, 0.1) is 11.6 Å². The van der Waals surface area contributed by atoms with E-state index in [1.165, 1.54) is 33.9 Å². The molecule has 11 nitrogen and oxygen atoms in total. The first kappa shape index (κ1) is 27.8. The van der Waals surface area contributed by atoms with Gasteiger partial charge in [-0.25, -0.2) is 13.8 Å². The van der Waals surface area contributed by atoms with Gasteiger partial charge in [0.05, 0.1) is 17.4 Å². The van der Waals surface area contributed by atoms with Crippen LogP contribution in [-0.4, -0.2) is 55.4 Å². The third-order valence-corrected chi connectivity index (χ3v) is 5.64. The van der Waals surface area contributed by atoms with Crippen molar-refractivity contribution < 1.29 is 23.2 Å². The summed E-state index contributed by atoms with van der Waals surface area (Å²) < 4.78 is 31.9. The fourth-order valence-corrected chi connectivity index (χ4v) is 3.75. The van der Waals surface area contributed by atoms with Gasteiger partial charge < -0.3 is 16.0 Å². The Morgan fingerprint density at radius 3 is 2.58 bits per heavy atom. The molecule has 0 radical (unpaired) electrons. The maximum atomic E-state index is 14.8. The number of fused-ring (bicyclic) bond motifs is 1. The maximum Gasteiger partial charge on any atom is 0.274 e. The van der Waals surface area contributed by atoms with E-state index in [4.69, 9.17) is 0 Å². The average Bonchev–Trinajstić information content (AvgIpc) is 3.51. The Morgan fingerprint density at radius 1 is 1.07 bits per heavy atom. The minimum Gasteiger partial charge on any atom is -0.353 e. The van der Waals surface area contributed by atoms with Gasteiger partial charge in [-0.1, -0.05) is 18.7 Å². The number of allylic oxidation sites excluding steroid dienone is 1. The van der Waals surface area contributed by atoms with Crippen LogP contribution >= 0.6 is 0 Å². The van der Waals surface area contributed by atoms with Crippen LogP contribution in [0.3, 0.4) is 0 Å². The van der Waals surface area contributed by atoms with Crippen molar-refractivity contribution in [2.45, 2.75) is 13.5 Å². The molecule has 206 valence electrons. The van der Waals surface area contributed by atoms with Crippen molar-refractivity contribution in [3.63, 3.8) is 0 Å². The SMILES string of the molecule is C=C(/C=C\C)C(=O)NCCNC(=O)Cn1cc2cc(NC(=O)c3ccc(F)c(-c4cnn(C)c4)n3)c(F)cc2n1. The molecule has 1 aromatic carbocycles. The number of aryl methyl sites for hydroxylation is 1. The lowest BCUT2D eigenvalue weighted by Gasteiger charge is -2.07. The lowest BCUT2D eigenvalue weighted by atomic mass is 10.2. The van der Waals surface area contributed by atoms with Crippen molar-refractivity contribution in [3.8, 4) is 11.3 Å². The van der Waals surface area contributed by atoms with Crippen molar-refractivity contribution in [2.24, 2.45) is 7.05 Å². The molecule has 0 bridgehead atoms. The Bertz CT molecular complexity index is 1640. The lowest BCUT2D eigenvalue weighted by molar-refractivity contribution is -0.122. The molecule has 0 saturated heterocycles. The van der Waals surface area contributed by atoms with Crippen LogP contribution in [-0.2, 0) is 23.2 Å². The molecule has 0 unspecified atom stereocenters. The van der Waals surface area contributed by atoms with Crippen LogP contribution in [0.4, 0.5) is 14.5 Å². The monoisotopic (exact) mass is 548 g/mol. The van der Waals surface area contributed by atoms with Gasteiger partial charge in [0.25, 0.3) is 11.8 Å². The molecule has 0 spiro atoms. The van der Waals surface area contributed by atoms with Crippen molar-refractivity contribution >= 4 is 34.3 Å². The van der Waals surface area contributed by atoms with Gasteiger partial charge in [-0.15, -0.1) is 0 Å². The normalized spacial score (nSPS) is 11.1. The largest absolute Gasteiger partial charge is 0.353 e. The fraction of sp³-hybridized carbons (Fsp3) is 0.185. The number of hydrogen-bond donors (Lipinski definition) is 3. The summed E-state index contributed by atoms with van der Waals surface area (Å²) in [5.41, 5.74) is 0.664. The first-order valence-corrected chi connectivity index (χ1v) is 12.1. The number of benzene rings is 1. The quantitative estimate of drug-likeness (QED) is 0.158. The molecule has 0 saturated carbocycles. The molecule has 0 aliphatic carbocycles. The fourth-order valence-electron chi connectivity index (χ4n) is 3.75. The van der Waals surface area contributed by atoms with Crippen LogP contribution in [0.2, 0.25) is 0 Å². The molecule has 40 heavy (non-hydrogen) atoms. The van der Waals surface area contributed by atoms with Crippen LogP contribution in [0.5, 0.6) is 0 Å². The third-order valence-electron chi connectivity index (χ3n) is 5.64. The van der Waals surface area contributed by atoms with Gasteiger partial charge in [-0.05, 0) is 25.1 Å². The minimum atomic E-state index is -0.750. The number of carbonyl (C=O) groups excluding carboxylic acids is 3. The van der Waals surface area contributed by atoms with E-state index < -0.39 is 17.5 Å². The molecule has 3 N–H and O–H groups in total. The number of aromatic nitrogens is 5. The van der Waals surface area contributed by atoms with E-state index in [0.29, 0.717) is 16.5 Å². The molecular weight excluding hydrogens is 522 g/mol. The Hall–Kier alpha value is -5.20. The average molecular weight is 549 g/mol. The zero-order valence-electron chi connectivity index (χ0n) is 21.7. The first-order chi connectivity index (χ1) is 19.1. The predicted octanol–water partition coefficient (Wildman–Crippen LogP) is 2.73. The second-order valence-corrected chi connectivity index (χ2v) is 8.73. The number of nitrogens with zero attached hydrogens (tertiary/aromatic N) is 5. The van der Waals surface area contributed by atoms with Gasteiger partial charge >= 0.3 is 0 Å². The van der Waals surface area contributed by atoms with Gasteiger partial charge in [-0.2, -0.15) is 10.2 Å². The maximum absolute atomic E-state index is 14.8. The van der Waals surface area contributed by atoms with E-state index in [-0.39, 0.29) is 54.0 Å². The molecule has 0 fully saturated rings. The Balaban J connectivity index is 1.38. The number of hydrogen-bond acceptors (Lipinski definition) is 6. The first-order valence-electron chi connectivity index (χ1n) is 12.1. The topological polar surface area (TPSA) is 136 Å². The van der Waals surface area contributed by atoms with Crippen molar-refractivity contribution in [1.29, 1.82) is 0 Å². The van der Waals surface area contributed by atoms with Gasteiger partial charge in [0.1, 0.15) is 29.6 Å². The number of pyridine rings is 1. The second kappa shape index (κ2) is 12.1. The summed E-state index contributed by atoms with van der Waals surface area (Å²) in [6.07, 6.45) is 7.78. The van der Waals surface area contributed by atoms with Gasteiger partial charge in [0, 0.05) is 55.1 Å². The Kier molecular flexibility index (Phi) is 8.42. The van der Waals surface area contributed by atoms with Crippen LogP contribution < -0.4 is 16.0 Å². The summed E-state index contributed by atoms with van der Waals surface area (Å²) in [6, 6.07) is 4.81. The summed E-state index contributed by atoms with van der Waals surface area (Å²) in [5.74, 6) is -2.82. The van der Waals surface area contributed by atoms with Crippen molar-refractivity contribution in [2.75, 3.05) is 18.4 Å². The second-order valence-electron chi connectivity index (χ2n) is 8.73. The van der Waals surface area contributed by atoms with Crippen molar-refractivity contribution in [3.05, 3.63) is 84.5 Å². The molecule has 0 aliphatic heterocycles. The summed E-state index contributed by atoms with van der Waals surface area (Å²) in [6.45, 7) is 5.66. The Morgan fingerprint density at radius 2 is 1.85 bits per heavy atom. The highest BCUT2D eigenvalue weighted by Gasteiger charge is 2.17. The number of anilines is 1. The molecule has 13 heteroatoms. The van der Waals surface area contributed by atoms with Gasteiger partial charge in [0.15, 0.2) is 0 Å². The molecule has 0 aliphatic rings. The minimum absolute atomic E-state index is 0.0577. The highest BCUT2D eigenvalue weighted by molar-refractivity contribution is 6.04. The van der Waals surface area contributed by atoms with E-state index >= 15 is 0 Å². The number of nitrogens with one attached hydrogen (secondary N) is 3. The van der Waals surface area contributed by atoms with Crippen LogP contribution in [0.1, 0.15) is 17.4 Å². The zero-order chi connectivity index (χ0) is 28.8. The summed E-state index contributed by atoms with van der Waals surface area (Å²) >= 11 is 0. The molecule has 3 aromatic heterocycles. The molecule has 4 aromatic rings. The smallest absolute Gasteiger partial charge is 0.274 e. The van der Waals surface area contributed by atoms with E-state index in [1.807, 2.05) is 0 Å². The van der Waals surface area contributed by atoms with E-state index in [1.54, 1.807) is 32.3 Å². The van der Waals surface area contributed by atoms with Crippen LogP contribution in [0.25, 0.3) is 22.2 Å². The molecule has 0 atom stereocenters. The van der Waals surface area contributed by atoms with E-state index in [0.717, 1.165) is 12.1 Å². The summed E-state index contributed by atoms with van der Waals surface area (Å²) in [5, 5.41) is 16.4. The Labute approximate surface area is 227 Å². The number of rotatable bonds is 10. The summed E-state index contributed by atoms with van der Waals surface area (Å²) in [4.78, 5) is 41.0. The van der Waals surface area contributed by atoms with E-state index in [2.05, 4.69) is 37.7 Å².